The van der Waals surface area contributed by atoms with Gasteiger partial charge in [0, 0.05) is 6.54 Å². The van der Waals surface area contributed by atoms with Crippen molar-refractivity contribution in [2.75, 3.05) is 6.54 Å². The number of carbonyl (C=O) groups is 2. The molecule has 1 fully saturated rings. The van der Waals surface area contributed by atoms with Crippen molar-refractivity contribution in [3.63, 3.8) is 0 Å². The largest absolute Gasteiger partial charge is 0.480 e. The second-order valence-corrected chi connectivity index (χ2v) is 5.26. The Hall–Kier alpha value is -1.34. The van der Waals surface area contributed by atoms with E-state index in [2.05, 4.69) is 0 Å². The molecule has 1 saturated heterocycles. The highest BCUT2D eigenvalue weighted by Gasteiger charge is 2.56. The summed E-state index contributed by atoms with van der Waals surface area (Å²) in [6.07, 6.45) is -3.45. The third-order valence-electron chi connectivity index (χ3n) is 3.33. The zero-order valence-electron chi connectivity index (χ0n) is 10.5. The number of carbonyl (C=O) groups excluding carboxylic acids is 1. The predicted octanol–water partition coefficient (Wildman–Crippen LogP) is 1.99. The van der Waals surface area contributed by atoms with Crippen molar-refractivity contribution < 1.29 is 32.3 Å². The summed E-state index contributed by atoms with van der Waals surface area (Å²) in [4.78, 5) is 23.0. The Bertz CT molecular complexity index is 384. The van der Waals surface area contributed by atoms with Crippen LogP contribution in [-0.4, -0.2) is 46.8 Å². The molecule has 0 aromatic heterocycles. The summed E-state index contributed by atoms with van der Waals surface area (Å²) in [7, 11) is 0. The zero-order chi connectivity index (χ0) is 15.0. The van der Waals surface area contributed by atoms with Gasteiger partial charge in [-0.1, -0.05) is 13.8 Å². The molecule has 110 valence electrons. The summed E-state index contributed by atoms with van der Waals surface area (Å²) in [6, 6.07) is -1.53. The van der Waals surface area contributed by atoms with E-state index in [1.54, 1.807) is 0 Å². The molecule has 4 nitrogen and oxygen atoms in total. The molecule has 1 amide bonds. The predicted molar refractivity (Wildman–Crippen MR) is 57.1 cm³/mol. The molecule has 1 aliphatic heterocycles. The number of carboxylic acid groups (broad SMARTS) is 1. The summed E-state index contributed by atoms with van der Waals surface area (Å²) in [5, 5.41) is 9.07. The summed E-state index contributed by atoms with van der Waals surface area (Å²) in [5.74, 6) is -8.45. The van der Waals surface area contributed by atoms with Crippen molar-refractivity contribution in [2.45, 2.75) is 45.1 Å². The van der Waals surface area contributed by atoms with Crippen molar-refractivity contribution in [3.05, 3.63) is 0 Å². The molecule has 0 bridgehead atoms. The van der Waals surface area contributed by atoms with Gasteiger partial charge in [0.1, 0.15) is 6.04 Å². The van der Waals surface area contributed by atoms with Gasteiger partial charge in [-0.3, -0.25) is 4.79 Å². The monoisotopic (exact) mass is 285 g/mol. The molecule has 1 atom stereocenters. The molecule has 1 heterocycles. The molecule has 19 heavy (non-hydrogen) atoms. The Morgan fingerprint density at radius 1 is 1.37 bits per heavy atom. The summed E-state index contributed by atoms with van der Waals surface area (Å²) < 4.78 is 50.5. The van der Waals surface area contributed by atoms with Crippen molar-refractivity contribution >= 4 is 11.9 Å². The number of likely N-dealkylation sites (tertiary alicyclic amines) is 1. The van der Waals surface area contributed by atoms with Crippen LogP contribution in [0.25, 0.3) is 0 Å². The first kappa shape index (κ1) is 15.7. The number of aliphatic carboxylic acids is 1. The maximum Gasteiger partial charge on any atom is 0.383 e. The highest BCUT2D eigenvalue weighted by atomic mass is 19.3. The Morgan fingerprint density at radius 3 is 2.32 bits per heavy atom. The minimum Gasteiger partial charge on any atom is -0.480 e. The Balaban J connectivity index is 3.10. The van der Waals surface area contributed by atoms with Crippen LogP contribution in [0, 0.1) is 5.41 Å². The number of nitrogens with zero attached hydrogens (tertiary/aromatic N) is 1. The van der Waals surface area contributed by atoms with Gasteiger partial charge in [-0.15, -0.1) is 0 Å². The normalized spacial score (nSPS) is 23.5. The molecule has 1 rings (SSSR count). The SMILES string of the molecule is CC1(C)CCCN(C(=O)C(F)(F)C(F)F)C1C(=O)O. The van der Waals surface area contributed by atoms with Crippen LogP contribution in [0.1, 0.15) is 26.7 Å². The number of hydrogen-bond donors (Lipinski definition) is 1. The van der Waals surface area contributed by atoms with Gasteiger partial charge >= 0.3 is 18.3 Å². The van der Waals surface area contributed by atoms with Gasteiger partial charge in [-0.25, -0.2) is 13.6 Å². The first-order valence-corrected chi connectivity index (χ1v) is 5.71. The number of alkyl halides is 4. The summed E-state index contributed by atoms with van der Waals surface area (Å²) >= 11 is 0. The fraction of sp³-hybridized carbons (Fsp3) is 0.818. The third-order valence-corrected chi connectivity index (χ3v) is 3.33. The molecule has 8 heteroatoms. The van der Waals surface area contributed by atoms with Gasteiger partial charge in [0.2, 0.25) is 0 Å². The van der Waals surface area contributed by atoms with Gasteiger partial charge < -0.3 is 10.0 Å². The van der Waals surface area contributed by atoms with E-state index in [1.165, 1.54) is 13.8 Å². The molecule has 0 aliphatic carbocycles. The van der Waals surface area contributed by atoms with E-state index in [0.29, 0.717) is 17.7 Å². The van der Waals surface area contributed by atoms with Crippen LogP contribution in [0.3, 0.4) is 0 Å². The van der Waals surface area contributed by atoms with Crippen LogP contribution >= 0.6 is 0 Å². The van der Waals surface area contributed by atoms with E-state index in [-0.39, 0.29) is 6.54 Å². The molecule has 0 saturated carbocycles. The lowest BCUT2D eigenvalue weighted by Gasteiger charge is -2.44. The van der Waals surface area contributed by atoms with Gasteiger partial charge in [0.05, 0.1) is 0 Å². The minimum absolute atomic E-state index is 0.262. The topological polar surface area (TPSA) is 57.6 Å². The highest BCUT2D eigenvalue weighted by Crippen LogP contribution is 2.38. The first-order valence-electron chi connectivity index (χ1n) is 5.71. The molecular formula is C11H15F4NO3. The molecule has 1 N–H and O–H groups in total. The lowest BCUT2D eigenvalue weighted by atomic mass is 9.76. The second kappa shape index (κ2) is 4.97. The zero-order valence-corrected chi connectivity index (χ0v) is 10.5. The number of halogens is 4. The van der Waals surface area contributed by atoms with Crippen molar-refractivity contribution in [3.8, 4) is 0 Å². The molecule has 1 aliphatic rings. The first-order chi connectivity index (χ1) is 8.51. The number of rotatable bonds is 3. The van der Waals surface area contributed by atoms with E-state index < -0.39 is 35.7 Å². The van der Waals surface area contributed by atoms with Crippen LogP contribution in [0.4, 0.5) is 17.6 Å². The Morgan fingerprint density at radius 2 is 1.89 bits per heavy atom. The number of piperidine rings is 1. The lowest BCUT2D eigenvalue weighted by Crippen LogP contribution is -2.60. The van der Waals surface area contributed by atoms with Crippen molar-refractivity contribution in [2.24, 2.45) is 5.41 Å². The van der Waals surface area contributed by atoms with E-state index in [1.807, 2.05) is 0 Å². The number of amides is 1. The molecule has 0 radical (unpaired) electrons. The van der Waals surface area contributed by atoms with Gasteiger partial charge in [-0.2, -0.15) is 8.78 Å². The van der Waals surface area contributed by atoms with Crippen LogP contribution < -0.4 is 0 Å². The number of hydrogen-bond acceptors (Lipinski definition) is 2. The number of carboxylic acids is 1. The van der Waals surface area contributed by atoms with E-state index in [4.69, 9.17) is 5.11 Å². The van der Waals surface area contributed by atoms with Gasteiger partial charge in [-0.05, 0) is 18.3 Å². The van der Waals surface area contributed by atoms with Gasteiger partial charge in [0.25, 0.3) is 5.91 Å². The van der Waals surface area contributed by atoms with Crippen molar-refractivity contribution in [1.29, 1.82) is 0 Å². The maximum absolute atomic E-state index is 13.1. The average molecular weight is 285 g/mol. The summed E-state index contributed by atoms with van der Waals surface area (Å²) in [6.45, 7) is 2.75. The minimum atomic E-state index is -4.86. The quantitative estimate of drug-likeness (QED) is 0.807. The van der Waals surface area contributed by atoms with E-state index in [9.17, 15) is 27.2 Å². The van der Waals surface area contributed by atoms with E-state index in [0.717, 1.165) is 0 Å². The molecule has 0 aromatic carbocycles. The highest BCUT2D eigenvalue weighted by molar-refractivity contribution is 5.89. The van der Waals surface area contributed by atoms with Crippen LogP contribution in [-0.2, 0) is 9.59 Å². The average Bonchev–Trinajstić information content (AvgIpc) is 2.25. The molecular weight excluding hydrogens is 270 g/mol. The standard InChI is InChI=1S/C11H15F4NO3/c1-10(2)4-3-5-16(6(10)7(17)18)9(19)11(14,15)8(12)13/h6,8H,3-5H2,1-2H3,(H,17,18). The Kier molecular flexibility index (Phi) is 4.11. The lowest BCUT2D eigenvalue weighted by molar-refractivity contribution is -0.190. The second-order valence-electron chi connectivity index (χ2n) is 5.26. The van der Waals surface area contributed by atoms with E-state index >= 15 is 0 Å². The van der Waals surface area contributed by atoms with Crippen LogP contribution in [0.5, 0.6) is 0 Å². The van der Waals surface area contributed by atoms with Crippen LogP contribution in [0.2, 0.25) is 0 Å². The van der Waals surface area contributed by atoms with Crippen molar-refractivity contribution in [1.82, 2.24) is 4.90 Å². The third kappa shape index (κ3) is 2.82. The summed E-state index contributed by atoms with van der Waals surface area (Å²) in [5.41, 5.74) is -0.946. The maximum atomic E-state index is 13.1. The fourth-order valence-corrected chi connectivity index (χ4v) is 2.36. The smallest absolute Gasteiger partial charge is 0.383 e. The van der Waals surface area contributed by atoms with Gasteiger partial charge in [0.15, 0.2) is 0 Å². The molecule has 0 spiro atoms. The fourth-order valence-electron chi connectivity index (χ4n) is 2.36. The molecule has 0 aromatic rings. The Labute approximate surface area is 107 Å². The molecule has 1 unspecified atom stereocenters. The van der Waals surface area contributed by atoms with Crippen LogP contribution in [0.15, 0.2) is 0 Å².